The van der Waals surface area contributed by atoms with Gasteiger partial charge >= 0.3 is 0 Å². The lowest BCUT2D eigenvalue weighted by Gasteiger charge is -2.31. The summed E-state index contributed by atoms with van der Waals surface area (Å²) in [7, 11) is 1.73. The molecule has 1 aromatic rings. The fourth-order valence-electron chi connectivity index (χ4n) is 1.85. The molecule has 0 saturated carbocycles. The number of ether oxygens (including phenoxy) is 1. The highest BCUT2D eigenvalue weighted by molar-refractivity contribution is 9.10. The number of nitrogens with zero attached hydrogens (tertiary/aromatic N) is 2. The largest absolute Gasteiger partial charge is 0.477 e. The Bertz CT molecular complexity index is 448. The second-order valence-corrected chi connectivity index (χ2v) is 5.52. The number of pyridine rings is 1. The summed E-state index contributed by atoms with van der Waals surface area (Å²) in [5.41, 5.74) is 0. The molecule has 0 saturated heterocycles. The Morgan fingerprint density at radius 3 is 2.94 bits per heavy atom. The molecular formula is C12H15BrN2O2. The minimum Gasteiger partial charge on any atom is -0.477 e. The summed E-state index contributed by atoms with van der Waals surface area (Å²) in [4.78, 5) is 17.8. The van der Waals surface area contributed by atoms with Crippen molar-refractivity contribution in [2.75, 3.05) is 11.9 Å². The normalized spacial score (nSPS) is 19.2. The summed E-state index contributed by atoms with van der Waals surface area (Å²) < 4.78 is 6.57. The van der Waals surface area contributed by atoms with Crippen LogP contribution in [0, 0.1) is 5.92 Å². The third kappa shape index (κ3) is 2.44. The van der Waals surface area contributed by atoms with Gasteiger partial charge in [-0.15, -0.1) is 0 Å². The van der Waals surface area contributed by atoms with Crippen LogP contribution in [0.1, 0.15) is 20.3 Å². The zero-order valence-corrected chi connectivity index (χ0v) is 11.7. The molecule has 0 radical (unpaired) electrons. The fourth-order valence-corrected chi connectivity index (χ4v) is 2.16. The molecule has 4 nitrogen and oxygen atoms in total. The first kappa shape index (κ1) is 12.4. The van der Waals surface area contributed by atoms with E-state index in [2.05, 4.69) is 34.8 Å². The molecule has 1 amide bonds. The van der Waals surface area contributed by atoms with E-state index in [4.69, 9.17) is 4.74 Å². The van der Waals surface area contributed by atoms with E-state index in [1.54, 1.807) is 18.1 Å². The Balaban J connectivity index is 2.32. The molecule has 2 rings (SSSR count). The van der Waals surface area contributed by atoms with E-state index < -0.39 is 6.10 Å². The van der Waals surface area contributed by atoms with Gasteiger partial charge < -0.3 is 4.74 Å². The van der Waals surface area contributed by atoms with Crippen LogP contribution in [0.4, 0.5) is 5.82 Å². The minimum absolute atomic E-state index is 0.0268. The lowest BCUT2D eigenvalue weighted by atomic mass is 10.0. The maximum absolute atomic E-state index is 12.1. The van der Waals surface area contributed by atoms with E-state index in [0.717, 1.165) is 10.9 Å². The summed E-state index contributed by atoms with van der Waals surface area (Å²) in [5.74, 6) is 1.63. The van der Waals surface area contributed by atoms with Crippen LogP contribution in [0.5, 0.6) is 5.75 Å². The van der Waals surface area contributed by atoms with Gasteiger partial charge in [-0.25, -0.2) is 4.98 Å². The predicted octanol–water partition coefficient (Wildman–Crippen LogP) is 2.61. The van der Waals surface area contributed by atoms with Gasteiger partial charge in [0.15, 0.2) is 17.7 Å². The molecule has 17 heavy (non-hydrogen) atoms. The van der Waals surface area contributed by atoms with Gasteiger partial charge in [0.25, 0.3) is 5.91 Å². The topological polar surface area (TPSA) is 42.4 Å². The molecule has 0 aromatic carbocycles. The zero-order valence-electron chi connectivity index (χ0n) is 10.1. The number of hydrogen-bond donors (Lipinski definition) is 0. The quantitative estimate of drug-likeness (QED) is 0.843. The van der Waals surface area contributed by atoms with Crippen LogP contribution in [0.2, 0.25) is 0 Å². The number of fused-ring (bicyclic) bond motifs is 1. The summed E-state index contributed by atoms with van der Waals surface area (Å²) in [6, 6.07) is 1.85. The van der Waals surface area contributed by atoms with Crippen LogP contribution < -0.4 is 9.64 Å². The second kappa shape index (κ2) is 4.64. The molecule has 0 bridgehead atoms. The van der Waals surface area contributed by atoms with Crippen LogP contribution in [-0.2, 0) is 4.79 Å². The van der Waals surface area contributed by atoms with Crippen LogP contribution in [0.25, 0.3) is 0 Å². The number of rotatable bonds is 2. The second-order valence-electron chi connectivity index (χ2n) is 4.61. The Hall–Kier alpha value is -1.10. The van der Waals surface area contributed by atoms with Gasteiger partial charge in [-0.2, -0.15) is 0 Å². The summed E-state index contributed by atoms with van der Waals surface area (Å²) >= 11 is 3.35. The van der Waals surface area contributed by atoms with Gasteiger partial charge in [0.2, 0.25) is 0 Å². The van der Waals surface area contributed by atoms with Gasteiger partial charge in [-0.05, 0) is 34.3 Å². The molecule has 0 fully saturated rings. The molecule has 2 heterocycles. The van der Waals surface area contributed by atoms with Crippen LogP contribution in [0.15, 0.2) is 16.7 Å². The number of hydrogen-bond acceptors (Lipinski definition) is 3. The Kier molecular flexibility index (Phi) is 3.38. The predicted molar refractivity (Wildman–Crippen MR) is 69.2 cm³/mol. The van der Waals surface area contributed by atoms with E-state index >= 15 is 0 Å². The van der Waals surface area contributed by atoms with Gasteiger partial charge in [-0.3, -0.25) is 9.69 Å². The van der Waals surface area contributed by atoms with Crippen LogP contribution >= 0.6 is 15.9 Å². The third-order valence-corrected chi connectivity index (χ3v) is 3.11. The summed E-state index contributed by atoms with van der Waals surface area (Å²) in [6.45, 7) is 4.15. The Morgan fingerprint density at radius 2 is 2.29 bits per heavy atom. The first-order valence-corrected chi connectivity index (χ1v) is 6.38. The molecular weight excluding hydrogens is 284 g/mol. The molecule has 1 unspecified atom stereocenters. The Morgan fingerprint density at radius 1 is 1.59 bits per heavy atom. The van der Waals surface area contributed by atoms with Crippen molar-refractivity contribution in [3.8, 4) is 5.75 Å². The van der Waals surface area contributed by atoms with E-state index in [-0.39, 0.29) is 5.91 Å². The fraction of sp³-hybridized carbons (Fsp3) is 0.500. The molecule has 1 aromatic heterocycles. The maximum atomic E-state index is 12.1. The first-order chi connectivity index (χ1) is 7.99. The SMILES string of the molecule is CC(C)CC1Oc2cc(Br)cnc2N(C)C1=O. The monoisotopic (exact) mass is 298 g/mol. The smallest absolute Gasteiger partial charge is 0.269 e. The number of aromatic nitrogens is 1. The highest BCUT2D eigenvalue weighted by atomic mass is 79.9. The van der Waals surface area contributed by atoms with Crippen molar-refractivity contribution in [2.24, 2.45) is 5.92 Å². The average Bonchev–Trinajstić information content (AvgIpc) is 2.24. The molecule has 1 aliphatic heterocycles. The van der Waals surface area contributed by atoms with Crippen molar-refractivity contribution in [3.05, 3.63) is 16.7 Å². The lowest BCUT2D eigenvalue weighted by molar-refractivity contribution is -0.126. The average molecular weight is 299 g/mol. The highest BCUT2D eigenvalue weighted by Crippen LogP contribution is 2.34. The number of amides is 1. The van der Waals surface area contributed by atoms with E-state index in [1.807, 2.05) is 6.07 Å². The van der Waals surface area contributed by atoms with E-state index in [1.165, 1.54) is 0 Å². The number of carbonyl (C=O) groups is 1. The molecule has 92 valence electrons. The molecule has 0 aliphatic carbocycles. The van der Waals surface area contributed by atoms with Gasteiger partial charge in [0, 0.05) is 17.7 Å². The molecule has 0 N–H and O–H groups in total. The van der Waals surface area contributed by atoms with Crippen molar-refractivity contribution in [2.45, 2.75) is 26.4 Å². The molecule has 5 heteroatoms. The Labute approximate surface area is 109 Å². The summed E-state index contributed by atoms with van der Waals surface area (Å²) in [6.07, 6.45) is 1.98. The maximum Gasteiger partial charge on any atom is 0.269 e. The molecule has 1 atom stereocenters. The van der Waals surface area contributed by atoms with Gasteiger partial charge in [0.05, 0.1) is 0 Å². The number of halogens is 1. The van der Waals surface area contributed by atoms with Crippen molar-refractivity contribution in [1.82, 2.24) is 4.98 Å². The van der Waals surface area contributed by atoms with Crippen molar-refractivity contribution in [3.63, 3.8) is 0 Å². The number of carbonyl (C=O) groups excluding carboxylic acids is 1. The van der Waals surface area contributed by atoms with E-state index in [9.17, 15) is 4.79 Å². The van der Waals surface area contributed by atoms with Gasteiger partial charge in [0.1, 0.15) is 0 Å². The summed E-state index contributed by atoms with van der Waals surface area (Å²) in [5, 5.41) is 0. The van der Waals surface area contributed by atoms with Crippen molar-refractivity contribution < 1.29 is 9.53 Å². The van der Waals surface area contributed by atoms with Crippen LogP contribution in [0.3, 0.4) is 0 Å². The number of anilines is 1. The van der Waals surface area contributed by atoms with Gasteiger partial charge in [-0.1, -0.05) is 13.8 Å². The molecule has 0 spiro atoms. The number of likely N-dealkylation sites (N-methyl/N-ethyl adjacent to an activating group) is 1. The zero-order chi connectivity index (χ0) is 12.6. The van der Waals surface area contributed by atoms with Crippen molar-refractivity contribution in [1.29, 1.82) is 0 Å². The van der Waals surface area contributed by atoms with Crippen LogP contribution in [-0.4, -0.2) is 24.0 Å². The lowest BCUT2D eigenvalue weighted by Crippen LogP contribution is -2.44. The van der Waals surface area contributed by atoms with E-state index in [0.29, 0.717) is 17.5 Å². The van der Waals surface area contributed by atoms with Crippen molar-refractivity contribution >= 4 is 27.7 Å². The minimum atomic E-state index is -0.399. The molecule has 1 aliphatic rings. The highest BCUT2D eigenvalue weighted by Gasteiger charge is 2.33. The first-order valence-electron chi connectivity index (χ1n) is 5.59. The standard InChI is InChI=1S/C12H15BrN2O2/c1-7(2)4-10-12(16)15(3)11-9(17-10)5-8(13)6-14-11/h5-7,10H,4H2,1-3H3. The third-order valence-electron chi connectivity index (χ3n) is 2.68.